The van der Waals surface area contributed by atoms with Gasteiger partial charge in [-0.25, -0.2) is 0 Å². The van der Waals surface area contributed by atoms with Gasteiger partial charge in [0.25, 0.3) is 0 Å². The quantitative estimate of drug-likeness (QED) is 0.0777. The van der Waals surface area contributed by atoms with Gasteiger partial charge in [0.15, 0.2) is 0 Å². The number of hydrogen-bond acceptors (Lipinski definition) is 32. The summed E-state index contributed by atoms with van der Waals surface area (Å²) in [4.78, 5) is 0. The van der Waals surface area contributed by atoms with Crippen molar-refractivity contribution < 1.29 is 254 Å². The van der Waals surface area contributed by atoms with Crippen molar-refractivity contribution >= 4 is 0 Å². The normalized spacial score (nSPS) is 11.5. The molecule has 2 N–H and O–H groups in total. The van der Waals surface area contributed by atoms with Crippen molar-refractivity contribution in [3.8, 4) is 0 Å². The van der Waals surface area contributed by atoms with E-state index in [-0.39, 0.29) is 0 Å². The fraction of sp³-hybridized carbons (Fsp3) is 1.00. The Morgan fingerprint density at radius 2 is 0.308 bits per heavy atom. The Bertz CT molecular complexity index is 1490. The number of unbranched alkanes of at least 4 members (excludes halogenated alkanes) is 18. The van der Waals surface area contributed by atoms with Crippen molar-refractivity contribution in [3.05, 3.63) is 0 Å². The van der Waals surface area contributed by atoms with Crippen LogP contribution in [0.1, 0.15) is 142 Å². The predicted octanol–water partition coefficient (Wildman–Crippen LogP) is -13.6. The van der Waals surface area contributed by atoms with Crippen LogP contribution in [0, 0.1) is 0 Å². The van der Waals surface area contributed by atoms with Gasteiger partial charge < -0.3 is 5.32 Å². The van der Waals surface area contributed by atoms with Crippen LogP contribution in [0.4, 0.5) is 0 Å². The van der Waals surface area contributed by atoms with Gasteiger partial charge in [0, 0.05) is 0 Å². The Morgan fingerprint density at radius 1 is 0.215 bits per heavy atom. The third-order valence-electron chi connectivity index (χ3n) is 5.52. The monoisotopic (exact) mass is 1650 g/mol. The van der Waals surface area contributed by atoms with Crippen molar-refractivity contribution in [1.82, 2.24) is 0 Å². The minimum atomic E-state index is -6.02. The van der Waals surface area contributed by atoms with Gasteiger partial charge in [-0.3, -0.25) is 0 Å². The Morgan fingerprint density at radius 3 is 0.415 bits per heavy atom. The van der Waals surface area contributed by atoms with Crippen molar-refractivity contribution in [1.29, 1.82) is 0 Å². The molecule has 0 aliphatic carbocycles. The van der Waals surface area contributed by atoms with E-state index in [0.717, 1.165) is 0 Å². The molecule has 0 unspecified atom stereocenters. The molecule has 0 spiro atoms. The molecule has 408 valence electrons. The summed E-state index contributed by atoms with van der Waals surface area (Å²) in [5.74, 6) is 0. The predicted molar refractivity (Wildman–Crippen MR) is 126 cm³/mol. The Labute approximate surface area is 404 Å². The molecular formula is C24H52Mo8NO32-15. The van der Waals surface area contributed by atoms with E-state index in [4.69, 9.17) is 115 Å². The summed E-state index contributed by atoms with van der Waals surface area (Å²) in [5, 5.41) is 2.56. The zero-order valence-electron chi connectivity index (χ0n) is 34.5. The van der Waals surface area contributed by atoms with Gasteiger partial charge in [0.1, 0.15) is 0 Å². The van der Waals surface area contributed by atoms with Crippen LogP contribution >= 0.6 is 0 Å². The van der Waals surface area contributed by atoms with E-state index in [2.05, 4.69) is 19.2 Å². The number of quaternary nitrogens is 1. The first-order valence-corrected chi connectivity index (χ1v) is 43.8. The summed E-state index contributed by atoms with van der Waals surface area (Å²) in [6, 6.07) is 0. The standard InChI is InChI=1S/C24H51N.8Mo.32O/c1-3-5-7-9-11-13-15-17-19-21-23-25-24-22-20-18-16-14-12-10-8-6-4-2;;;;;;;;;;;;;;;;;;;;;;;;;;;;;;;;;;;;;;;;/h25H,3-24H2,1-2H3;;;;;;;;;;;;;;;;;;;;;;;;;;;;;;;;;;;;;;;;/q;;;;;;;;;;;;;;;;;;;;;;;;;16*-1/p+1. The third-order valence-corrected chi connectivity index (χ3v) is 5.52. The Hall–Kier alpha value is 1.63. The van der Waals surface area contributed by atoms with Crippen LogP contribution in [0.25, 0.3) is 0 Å². The second kappa shape index (κ2) is 52.0. The van der Waals surface area contributed by atoms with Gasteiger partial charge in [-0.2, -0.15) is 0 Å². The summed E-state index contributed by atoms with van der Waals surface area (Å²) < 4.78 is 276. The fourth-order valence-electron chi connectivity index (χ4n) is 3.70. The maximum absolute atomic E-state index is 8.63. The molecule has 41 heteroatoms. The van der Waals surface area contributed by atoms with Crippen LogP contribution in [0.5, 0.6) is 0 Å². The molecule has 0 saturated carbocycles. The van der Waals surface area contributed by atoms with Crippen LogP contribution in [-0.2, 0) is 188 Å². The zero-order chi connectivity index (χ0) is 54.3. The maximum atomic E-state index is 8.63. The molecule has 0 bridgehead atoms. The second-order valence-corrected chi connectivity index (χ2v) is 27.6. The zero-order valence-corrected chi connectivity index (χ0v) is 50.5. The van der Waals surface area contributed by atoms with E-state index >= 15 is 0 Å². The second-order valence-electron chi connectivity index (χ2n) is 11.5. The van der Waals surface area contributed by atoms with Gasteiger partial charge in [0.2, 0.25) is 0 Å². The Balaban J connectivity index is -0.0000000907. The van der Waals surface area contributed by atoms with Crippen LogP contribution in [0.15, 0.2) is 0 Å². The first-order chi connectivity index (χ1) is 28.4. The molecule has 0 aliphatic rings. The SMILES string of the molecule is CCCCCCCCCCCC[NH2+]CCCCCCCCCCCC.[O]=[Mo](=[O])([O-])[O-].[O]=[Mo](=[O])([O-])[O-].[O]=[Mo](=[O])([O-])[O-].[O]=[Mo](=[O])([O-])[O-].[O]=[Mo](=[O])([O-])[O-].[O]=[Mo](=[O])([O-])[O-].[O]=[Mo](=[O])([O-])[O-].[O]=[Mo](=[O])([O-])[O-]. The van der Waals surface area contributed by atoms with E-state index in [9.17, 15) is 0 Å². The minimum absolute atomic E-state index is 1.37. The average molecular weight is 1630 g/mol. The first kappa shape index (κ1) is 86.4. The van der Waals surface area contributed by atoms with E-state index < -0.39 is 134 Å². The molecule has 0 aromatic heterocycles. The van der Waals surface area contributed by atoms with E-state index in [1.165, 1.54) is 142 Å². The van der Waals surface area contributed by atoms with E-state index in [1.54, 1.807) is 0 Å². The summed E-state index contributed by atoms with van der Waals surface area (Å²) >= 11 is -48.2. The van der Waals surface area contributed by atoms with Crippen molar-refractivity contribution in [2.75, 3.05) is 13.1 Å². The summed E-state index contributed by atoms with van der Waals surface area (Å²) in [5.41, 5.74) is 0. The van der Waals surface area contributed by atoms with E-state index in [0.29, 0.717) is 0 Å². The molecule has 0 saturated heterocycles. The molecular weight excluding hydrogens is 1580 g/mol. The first-order valence-electron chi connectivity index (χ1n) is 17.6. The van der Waals surface area contributed by atoms with Gasteiger partial charge in [-0.15, -0.1) is 0 Å². The van der Waals surface area contributed by atoms with Gasteiger partial charge in [0.05, 0.1) is 13.1 Å². The van der Waals surface area contributed by atoms with Crippen molar-refractivity contribution in [2.45, 2.75) is 142 Å². The van der Waals surface area contributed by atoms with Crippen molar-refractivity contribution in [3.63, 3.8) is 0 Å². The van der Waals surface area contributed by atoms with Crippen LogP contribution in [-0.4, -0.2) is 13.1 Å². The molecule has 65 heavy (non-hydrogen) atoms. The third kappa shape index (κ3) is 476. The molecule has 0 heterocycles. The van der Waals surface area contributed by atoms with E-state index in [1.807, 2.05) is 0 Å². The van der Waals surface area contributed by atoms with Gasteiger partial charge >= 0.3 is 248 Å². The topological polar surface area (TPSA) is 659 Å². The Kier molecular flexibility index (Phi) is 69.1. The summed E-state index contributed by atoms with van der Waals surface area (Å²) in [6.45, 7) is 7.34. The summed E-state index contributed by atoms with van der Waals surface area (Å²) in [7, 11) is 0. The molecule has 0 radical (unpaired) electrons. The van der Waals surface area contributed by atoms with Crippen molar-refractivity contribution in [2.24, 2.45) is 0 Å². The summed E-state index contributed by atoms with van der Waals surface area (Å²) in [6.07, 6.45) is 29.1. The average Bonchev–Trinajstić information content (AvgIpc) is 2.95. The molecule has 0 amide bonds. The number of hydrogen-bond donors (Lipinski definition) is 1. The molecule has 0 atom stereocenters. The molecule has 0 rings (SSSR count). The fourth-order valence-corrected chi connectivity index (χ4v) is 3.70. The molecule has 0 aromatic carbocycles. The van der Waals surface area contributed by atoms with Crippen LogP contribution in [0.3, 0.4) is 0 Å². The number of nitrogens with two attached hydrogens (primary N) is 1. The molecule has 0 aliphatic heterocycles. The number of rotatable bonds is 22. The van der Waals surface area contributed by atoms with Crippen LogP contribution < -0.4 is 65.5 Å². The molecule has 0 fully saturated rings. The van der Waals surface area contributed by atoms with Gasteiger partial charge in [-0.05, 0) is 25.7 Å². The van der Waals surface area contributed by atoms with Crippen LogP contribution in [0.2, 0.25) is 0 Å². The van der Waals surface area contributed by atoms with Gasteiger partial charge in [-0.1, -0.05) is 117 Å². The molecule has 33 nitrogen and oxygen atoms in total. The molecule has 0 aromatic rings.